The number of methoxy groups -OCH3 is 1. The predicted octanol–water partition coefficient (Wildman–Crippen LogP) is 1.15. The highest BCUT2D eigenvalue weighted by atomic mass is 32.3. The molecule has 1 N–H and O–H groups in total. The van der Waals surface area contributed by atoms with Gasteiger partial charge in [-0.05, 0) is 18.1 Å². The summed E-state index contributed by atoms with van der Waals surface area (Å²) in [4.78, 5) is 11.6. The third-order valence-corrected chi connectivity index (χ3v) is 6.84. The van der Waals surface area contributed by atoms with E-state index in [9.17, 15) is 30.4 Å². The number of ether oxygens (including phenoxy) is 1. The highest BCUT2D eigenvalue weighted by molar-refractivity contribution is 8.04. The molecule has 0 spiro atoms. The zero-order valence-corrected chi connectivity index (χ0v) is 15.3. The first-order valence-electron chi connectivity index (χ1n) is 7.25. The SMILES string of the molecule is CCCS(=O)(=O)NS(=O)(=O)CC(F)Cc1cccc(F)c1C(=O)OC. The van der Waals surface area contributed by atoms with Gasteiger partial charge in [0.25, 0.3) is 0 Å². The molecule has 0 fully saturated rings. The second-order valence-electron chi connectivity index (χ2n) is 5.25. The van der Waals surface area contributed by atoms with Crippen LogP contribution in [0.2, 0.25) is 0 Å². The van der Waals surface area contributed by atoms with Gasteiger partial charge in [-0.3, -0.25) is 0 Å². The number of carbonyl (C=O) groups is 1. The minimum atomic E-state index is -4.45. The van der Waals surface area contributed by atoms with Gasteiger partial charge in [0, 0.05) is 6.42 Å². The molecule has 0 saturated carbocycles. The van der Waals surface area contributed by atoms with Gasteiger partial charge in [-0.2, -0.15) is 0 Å². The summed E-state index contributed by atoms with van der Waals surface area (Å²) in [7, 11) is -7.51. The third-order valence-electron chi connectivity index (χ3n) is 3.06. The van der Waals surface area contributed by atoms with Crippen LogP contribution in [-0.4, -0.2) is 47.6 Å². The Balaban J connectivity index is 2.92. The maximum Gasteiger partial charge on any atom is 0.341 e. The van der Waals surface area contributed by atoms with Crippen LogP contribution in [0.1, 0.15) is 29.3 Å². The fraction of sp³-hybridized carbons (Fsp3) is 0.500. The van der Waals surface area contributed by atoms with Crippen LogP contribution in [0, 0.1) is 5.82 Å². The van der Waals surface area contributed by atoms with Crippen molar-refractivity contribution in [2.24, 2.45) is 0 Å². The third kappa shape index (κ3) is 6.67. The molecular weight excluding hydrogens is 380 g/mol. The molecular formula is C14H19F2NO6S2. The Morgan fingerprint density at radius 1 is 1.24 bits per heavy atom. The van der Waals surface area contributed by atoms with Gasteiger partial charge in [0.2, 0.25) is 20.0 Å². The van der Waals surface area contributed by atoms with Crippen molar-refractivity contribution in [1.29, 1.82) is 0 Å². The van der Waals surface area contributed by atoms with E-state index in [1.165, 1.54) is 16.3 Å². The molecule has 142 valence electrons. The second kappa shape index (κ2) is 8.68. The largest absolute Gasteiger partial charge is 0.465 e. The molecule has 0 saturated heterocycles. The van der Waals surface area contributed by atoms with Crippen LogP contribution in [-0.2, 0) is 31.2 Å². The number of sulfonamides is 2. The lowest BCUT2D eigenvalue weighted by Gasteiger charge is -2.13. The number of alkyl halides is 1. The topological polar surface area (TPSA) is 107 Å². The van der Waals surface area contributed by atoms with Crippen molar-refractivity contribution in [3.63, 3.8) is 0 Å². The molecule has 0 bridgehead atoms. The Bertz CT molecular complexity index is 824. The van der Waals surface area contributed by atoms with Gasteiger partial charge in [0.15, 0.2) is 0 Å². The van der Waals surface area contributed by atoms with Crippen molar-refractivity contribution >= 4 is 26.0 Å². The van der Waals surface area contributed by atoms with E-state index in [2.05, 4.69) is 4.74 Å². The number of hydrogen-bond donors (Lipinski definition) is 1. The van der Waals surface area contributed by atoms with Crippen LogP contribution in [0.15, 0.2) is 18.2 Å². The van der Waals surface area contributed by atoms with Crippen LogP contribution in [0.3, 0.4) is 0 Å². The Labute approximate surface area is 145 Å². The summed E-state index contributed by atoms with van der Waals surface area (Å²) in [5, 5.41) is 0. The van der Waals surface area contributed by atoms with Crippen LogP contribution in [0.4, 0.5) is 8.78 Å². The number of benzene rings is 1. The van der Waals surface area contributed by atoms with E-state index in [0.29, 0.717) is 0 Å². The van der Waals surface area contributed by atoms with E-state index in [4.69, 9.17) is 0 Å². The summed E-state index contributed by atoms with van der Waals surface area (Å²) in [6, 6.07) is 3.48. The molecule has 0 aliphatic rings. The number of esters is 1. The number of hydrogen-bond acceptors (Lipinski definition) is 6. The van der Waals surface area contributed by atoms with Crippen molar-refractivity contribution < 1.29 is 35.1 Å². The fourth-order valence-electron chi connectivity index (χ4n) is 2.14. The zero-order valence-electron chi connectivity index (χ0n) is 13.7. The quantitative estimate of drug-likeness (QED) is 0.625. The molecule has 0 aromatic heterocycles. The molecule has 0 heterocycles. The van der Waals surface area contributed by atoms with Gasteiger partial charge in [-0.25, -0.2) is 30.4 Å². The standard InChI is InChI=1S/C14H19F2NO6S2/c1-3-7-24(19,20)17-25(21,22)9-11(15)8-10-5-4-6-12(16)13(10)14(18)23-2/h4-6,11,17H,3,7-9H2,1-2H3. The minimum Gasteiger partial charge on any atom is -0.465 e. The maximum absolute atomic E-state index is 14.1. The first kappa shape index (κ1) is 21.5. The maximum atomic E-state index is 14.1. The Hall–Kier alpha value is -1.59. The summed E-state index contributed by atoms with van der Waals surface area (Å²) in [5.41, 5.74) is -0.567. The van der Waals surface area contributed by atoms with Crippen molar-refractivity contribution in [2.75, 3.05) is 18.6 Å². The van der Waals surface area contributed by atoms with Crippen LogP contribution >= 0.6 is 0 Å². The number of halogens is 2. The molecule has 1 aromatic carbocycles. The van der Waals surface area contributed by atoms with Crippen LogP contribution in [0.25, 0.3) is 0 Å². The molecule has 0 aliphatic heterocycles. The molecule has 0 radical (unpaired) electrons. The minimum absolute atomic E-state index is 0.0778. The smallest absolute Gasteiger partial charge is 0.341 e. The van der Waals surface area contributed by atoms with E-state index in [-0.39, 0.29) is 12.0 Å². The normalized spacial score (nSPS) is 13.4. The molecule has 1 aromatic rings. The molecule has 25 heavy (non-hydrogen) atoms. The Morgan fingerprint density at radius 3 is 2.44 bits per heavy atom. The van der Waals surface area contributed by atoms with E-state index in [0.717, 1.165) is 13.2 Å². The molecule has 0 aliphatic carbocycles. The molecule has 1 rings (SSSR count). The number of nitrogens with one attached hydrogen (secondary N) is 1. The lowest BCUT2D eigenvalue weighted by atomic mass is 10.0. The first-order chi connectivity index (χ1) is 11.5. The molecule has 7 nitrogen and oxygen atoms in total. The van der Waals surface area contributed by atoms with Gasteiger partial charge in [-0.1, -0.05) is 19.1 Å². The summed E-state index contributed by atoms with van der Waals surface area (Å²) in [6.07, 6.45) is -2.47. The second-order valence-corrected chi connectivity index (χ2v) is 9.12. The van der Waals surface area contributed by atoms with Crippen LogP contribution < -0.4 is 4.13 Å². The lowest BCUT2D eigenvalue weighted by Crippen LogP contribution is -2.37. The van der Waals surface area contributed by atoms with Gasteiger partial charge in [0.1, 0.15) is 12.0 Å². The Kier molecular flexibility index (Phi) is 7.44. The highest BCUT2D eigenvalue weighted by Gasteiger charge is 2.26. The average molecular weight is 399 g/mol. The lowest BCUT2D eigenvalue weighted by molar-refractivity contribution is 0.0594. The van der Waals surface area contributed by atoms with Gasteiger partial charge in [-0.15, -0.1) is 4.13 Å². The predicted molar refractivity (Wildman–Crippen MR) is 87.3 cm³/mol. The molecule has 1 atom stereocenters. The summed E-state index contributed by atoms with van der Waals surface area (Å²) < 4.78 is 80.3. The first-order valence-corrected chi connectivity index (χ1v) is 10.6. The highest BCUT2D eigenvalue weighted by Crippen LogP contribution is 2.18. The number of rotatable bonds is 9. The monoisotopic (exact) mass is 399 g/mol. The van der Waals surface area contributed by atoms with Crippen molar-refractivity contribution in [2.45, 2.75) is 25.9 Å². The van der Waals surface area contributed by atoms with Gasteiger partial charge < -0.3 is 4.74 Å². The summed E-state index contributed by atoms with van der Waals surface area (Å²) in [6.45, 7) is 1.54. The Morgan fingerprint density at radius 2 is 1.88 bits per heavy atom. The summed E-state index contributed by atoms with van der Waals surface area (Å²) >= 11 is 0. The van der Waals surface area contributed by atoms with Crippen molar-refractivity contribution in [3.8, 4) is 0 Å². The van der Waals surface area contributed by atoms with Gasteiger partial charge in [0.05, 0.1) is 24.2 Å². The summed E-state index contributed by atoms with van der Waals surface area (Å²) in [5.74, 6) is -3.51. The van der Waals surface area contributed by atoms with E-state index in [1.807, 2.05) is 0 Å². The molecule has 0 amide bonds. The van der Waals surface area contributed by atoms with Gasteiger partial charge >= 0.3 is 5.97 Å². The molecule has 1 unspecified atom stereocenters. The van der Waals surface area contributed by atoms with E-state index in [1.54, 1.807) is 6.92 Å². The number of carbonyl (C=O) groups excluding carboxylic acids is 1. The zero-order chi connectivity index (χ0) is 19.3. The van der Waals surface area contributed by atoms with E-state index >= 15 is 0 Å². The fourth-order valence-corrected chi connectivity index (χ4v) is 5.43. The van der Waals surface area contributed by atoms with Crippen molar-refractivity contribution in [1.82, 2.24) is 4.13 Å². The average Bonchev–Trinajstić information content (AvgIpc) is 2.44. The van der Waals surface area contributed by atoms with E-state index < -0.39 is 61.5 Å². The van der Waals surface area contributed by atoms with Crippen molar-refractivity contribution in [3.05, 3.63) is 35.1 Å². The molecule has 11 heteroatoms. The van der Waals surface area contributed by atoms with Crippen LogP contribution in [0.5, 0.6) is 0 Å².